The van der Waals surface area contributed by atoms with Crippen molar-refractivity contribution in [2.75, 3.05) is 26.9 Å². The zero-order chi connectivity index (χ0) is 18.5. The third-order valence-electron chi connectivity index (χ3n) is 3.06. The Bertz CT molecular complexity index is 594. The van der Waals surface area contributed by atoms with Crippen LogP contribution < -0.4 is 10.1 Å². The largest absolute Gasteiger partial charge is 0.497 e. The van der Waals surface area contributed by atoms with E-state index in [0.29, 0.717) is 19.6 Å². The van der Waals surface area contributed by atoms with Crippen molar-refractivity contribution in [1.82, 2.24) is 5.32 Å². The number of methoxy groups -OCH3 is 1. The van der Waals surface area contributed by atoms with E-state index in [1.54, 1.807) is 44.4 Å². The highest BCUT2D eigenvalue weighted by molar-refractivity contribution is 5.89. The van der Waals surface area contributed by atoms with Crippen molar-refractivity contribution in [3.05, 3.63) is 35.9 Å². The van der Waals surface area contributed by atoms with Gasteiger partial charge in [0, 0.05) is 19.0 Å². The van der Waals surface area contributed by atoms with Crippen LogP contribution in [0.15, 0.2) is 30.3 Å². The van der Waals surface area contributed by atoms with Crippen LogP contribution in [0.5, 0.6) is 5.75 Å². The van der Waals surface area contributed by atoms with Crippen LogP contribution >= 0.6 is 0 Å². The predicted molar refractivity (Wildman–Crippen MR) is 91.9 cm³/mol. The van der Waals surface area contributed by atoms with E-state index in [0.717, 1.165) is 11.3 Å². The number of esters is 2. The molecule has 1 rings (SSSR count). The van der Waals surface area contributed by atoms with Gasteiger partial charge in [-0.25, -0.2) is 4.79 Å². The fourth-order valence-electron chi connectivity index (χ4n) is 1.81. The van der Waals surface area contributed by atoms with E-state index in [2.05, 4.69) is 5.32 Å². The van der Waals surface area contributed by atoms with Crippen LogP contribution in [-0.4, -0.2) is 44.7 Å². The highest BCUT2D eigenvalue weighted by atomic mass is 16.5. The molecule has 7 heteroatoms. The van der Waals surface area contributed by atoms with Crippen molar-refractivity contribution in [1.29, 1.82) is 0 Å². The third-order valence-corrected chi connectivity index (χ3v) is 3.06. The van der Waals surface area contributed by atoms with Crippen LogP contribution in [0.2, 0.25) is 0 Å². The summed E-state index contributed by atoms with van der Waals surface area (Å²) in [5.41, 5.74) is 0.807. The Morgan fingerprint density at radius 3 is 2.48 bits per heavy atom. The van der Waals surface area contributed by atoms with Gasteiger partial charge in [0.1, 0.15) is 5.75 Å². The van der Waals surface area contributed by atoms with E-state index in [4.69, 9.17) is 14.2 Å². The van der Waals surface area contributed by atoms with Gasteiger partial charge in [0.15, 0.2) is 6.61 Å². The molecule has 1 amide bonds. The van der Waals surface area contributed by atoms with Gasteiger partial charge in [0.2, 0.25) is 0 Å². The molecule has 0 atom stereocenters. The van der Waals surface area contributed by atoms with Gasteiger partial charge in [0.05, 0.1) is 13.7 Å². The van der Waals surface area contributed by atoms with E-state index in [1.165, 1.54) is 6.08 Å². The first-order valence-electron chi connectivity index (χ1n) is 7.96. The van der Waals surface area contributed by atoms with E-state index in [-0.39, 0.29) is 19.0 Å². The average molecular weight is 349 g/mol. The van der Waals surface area contributed by atoms with Crippen molar-refractivity contribution in [3.63, 3.8) is 0 Å². The lowest BCUT2D eigenvalue weighted by Gasteiger charge is -2.05. The number of rotatable bonds is 10. The minimum absolute atomic E-state index is 0.235. The van der Waals surface area contributed by atoms with Gasteiger partial charge in [-0.2, -0.15) is 0 Å². The van der Waals surface area contributed by atoms with Gasteiger partial charge in [-0.15, -0.1) is 0 Å². The minimum atomic E-state index is -0.613. The SMILES string of the molecule is CCOC(=O)CCCNC(=O)COC(=O)C=Cc1ccc(OC)cc1. The van der Waals surface area contributed by atoms with Crippen molar-refractivity contribution in [3.8, 4) is 5.75 Å². The molecule has 0 saturated heterocycles. The topological polar surface area (TPSA) is 90.9 Å². The quantitative estimate of drug-likeness (QED) is 0.393. The van der Waals surface area contributed by atoms with Gasteiger partial charge in [-0.3, -0.25) is 9.59 Å². The number of nitrogens with one attached hydrogen (secondary N) is 1. The monoisotopic (exact) mass is 349 g/mol. The van der Waals surface area contributed by atoms with Crippen molar-refractivity contribution < 1.29 is 28.6 Å². The molecule has 0 aromatic heterocycles. The Morgan fingerprint density at radius 2 is 1.84 bits per heavy atom. The second-order valence-corrected chi connectivity index (χ2v) is 4.97. The Labute approximate surface area is 146 Å². The molecule has 0 aliphatic rings. The summed E-state index contributed by atoms with van der Waals surface area (Å²) in [6.45, 7) is 2.02. The van der Waals surface area contributed by atoms with Crippen LogP contribution in [0.3, 0.4) is 0 Å². The molecule has 0 saturated carbocycles. The molecule has 1 aromatic carbocycles. The second kappa shape index (κ2) is 11.7. The number of benzene rings is 1. The number of carbonyl (C=O) groups excluding carboxylic acids is 3. The minimum Gasteiger partial charge on any atom is -0.497 e. The predicted octanol–water partition coefficient (Wildman–Crippen LogP) is 1.71. The first-order chi connectivity index (χ1) is 12.0. The molecular formula is C18H23NO6. The van der Waals surface area contributed by atoms with Crippen molar-refractivity contribution in [2.24, 2.45) is 0 Å². The first-order valence-corrected chi connectivity index (χ1v) is 7.96. The summed E-state index contributed by atoms with van der Waals surface area (Å²) < 4.78 is 14.6. The average Bonchev–Trinajstić information content (AvgIpc) is 2.62. The lowest BCUT2D eigenvalue weighted by molar-refractivity contribution is -0.143. The number of ether oxygens (including phenoxy) is 3. The summed E-state index contributed by atoms with van der Waals surface area (Å²) in [6, 6.07) is 7.13. The number of amides is 1. The molecule has 0 fully saturated rings. The molecule has 0 aliphatic carbocycles. The summed E-state index contributed by atoms with van der Waals surface area (Å²) in [6.07, 6.45) is 3.53. The van der Waals surface area contributed by atoms with Crippen LogP contribution in [0, 0.1) is 0 Å². The molecule has 0 bridgehead atoms. The van der Waals surface area contributed by atoms with Gasteiger partial charge >= 0.3 is 11.9 Å². The molecule has 25 heavy (non-hydrogen) atoms. The summed E-state index contributed by atoms with van der Waals surface area (Å²) in [5.74, 6) is -0.612. The molecule has 0 aliphatic heterocycles. The zero-order valence-corrected chi connectivity index (χ0v) is 14.4. The lowest BCUT2D eigenvalue weighted by Crippen LogP contribution is -2.29. The number of carbonyl (C=O) groups is 3. The maximum atomic E-state index is 11.6. The zero-order valence-electron chi connectivity index (χ0n) is 14.4. The van der Waals surface area contributed by atoms with Crippen LogP contribution in [-0.2, 0) is 23.9 Å². The molecule has 0 heterocycles. The summed E-state index contributed by atoms with van der Waals surface area (Å²) >= 11 is 0. The van der Waals surface area contributed by atoms with Crippen LogP contribution in [0.4, 0.5) is 0 Å². The van der Waals surface area contributed by atoms with Gasteiger partial charge in [-0.1, -0.05) is 12.1 Å². The molecule has 136 valence electrons. The Kier molecular flexibility index (Phi) is 9.43. The summed E-state index contributed by atoms with van der Waals surface area (Å²) in [4.78, 5) is 34.2. The van der Waals surface area contributed by atoms with Gasteiger partial charge in [0.25, 0.3) is 5.91 Å². The molecule has 0 spiro atoms. The highest BCUT2D eigenvalue weighted by Crippen LogP contribution is 2.12. The fourth-order valence-corrected chi connectivity index (χ4v) is 1.81. The van der Waals surface area contributed by atoms with E-state index in [1.807, 2.05) is 0 Å². The fraction of sp³-hybridized carbons (Fsp3) is 0.389. The molecule has 7 nitrogen and oxygen atoms in total. The lowest BCUT2D eigenvalue weighted by atomic mass is 10.2. The van der Waals surface area contributed by atoms with E-state index >= 15 is 0 Å². The first kappa shape index (κ1) is 20.2. The summed E-state index contributed by atoms with van der Waals surface area (Å²) in [7, 11) is 1.57. The Morgan fingerprint density at radius 1 is 1.12 bits per heavy atom. The maximum absolute atomic E-state index is 11.6. The maximum Gasteiger partial charge on any atom is 0.331 e. The second-order valence-electron chi connectivity index (χ2n) is 4.97. The third kappa shape index (κ3) is 9.14. The van der Waals surface area contributed by atoms with Crippen LogP contribution in [0.25, 0.3) is 6.08 Å². The number of hydrogen-bond donors (Lipinski definition) is 1. The Hall–Kier alpha value is -2.83. The molecule has 1 N–H and O–H groups in total. The smallest absolute Gasteiger partial charge is 0.331 e. The van der Waals surface area contributed by atoms with Gasteiger partial charge < -0.3 is 19.5 Å². The van der Waals surface area contributed by atoms with Gasteiger partial charge in [-0.05, 0) is 37.1 Å². The summed E-state index contributed by atoms with van der Waals surface area (Å²) in [5, 5.41) is 2.56. The van der Waals surface area contributed by atoms with Crippen LogP contribution in [0.1, 0.15) is 25.3 Å². The molecule has 0 radical (unpaired) electrons. The highest BCUT2D eigenvalue weighted by Gasteiger charge is 2.06. The standard InChI is InChI=1S/C18H23NO6/c1-3-24-17(21)5-4-12-19-16(20)13-25-18(22)11-8-14-6-9-15(23-2)10-7-14/h6-11H,3-5,12-13H2,1-2H3,(H,19,20). The van der Waals surface area contributed by atoms with Crippen molar-refractivity contribution in [2.45, 2.75) is 19.8 Å². The normalized spacial score (nSPS) is 10.3. The molecule has 1 aromatic rings. The van der Waals surface area contributed by atoms with E-state index in [9.17, 15) is 14.4 Å². The Balaban J connectivity index is 2.20. The van der Waals surface area contributed by atoms with E-state index < -0.39 is 11.9 Å². The van der Waals surface area contributed by atoms with Crippen molar-refractivity contribution >= 4 is 23.9 Å². The molecular weight excluding hydrogens is 326 g/mol. The number of hydrogen-bond acceptors (Lipinski definition) is 6. The molecule has 0 unspecified atom stereocenters.